The summed E-state index contributed by atoms with van der Waals surface area (Å²) in [5, 5.41) is 3.42. The SMILES string of the molecule is Fc1cncnc1N1CCC(Nc2ccnc(N3CCOCC3)n2)C1. The van der Waals surface area contributed by atoms with Gasteiger partial charge in [-0.15, -0.1) is 0 Å². The average molecular weight is 345 g/mol. The van der Waals surface area contributed by atoms with Crippen LogP contribution in [-0.4, -0.2) is 65.4 Å². The van der Waals surface area contributed by atoms with Crippen molar-refractivity contribution >= 4 is 17.6 Å². The highest BCUT2D eigenvalue weighted by molar-refractivity contribution is 5.45. The molecule has 4 heterocycles. The number of anilines is 3. The summed E-state index contributed by atoms with van der Waals surface area (Å²) in [6.45, 7) is 4.41. The van der Waals surface area contributed by atoms with Crippen molar-refractivity contribution in [1.82, 2.24) is 19.9 Å². The molecule has 1 unspecified atom stereocenters. The topological polar surface area (TPSA) is 79.3 Å². The van der Waals surface area contributed by atoms with E-state index in [4.69, 9.17) is 4.74 Å². The number of nitrogens with one attached hydrogen (secondary N) is 1. The van der Waals surface area contributed by atoms with E-state index in [0.29, 0.717) is 31.5 Å². The van der Waals surface area contributed by atoms with E-state index in [1.807, 2.05) is 11.0 Å². The molecular formula is C16H20FN7O. The number of morpholine rings is 1. The predicted octanol–water partition coefficient (Wildman–Crippen LogP) is 0.933. The molecule has 0 amide bonds. The molecular weight excluding hydrogens is 325 g/mol. The van der Waals surface area contributed by atoms with Crippen LogP contribution in [0.2, 0.25) is 0 Å². The molecule has 2 aliphatic heterocycles. The molecule has 0 bridgehead atoms. The molecule has 0 radical (unpaired) electrons. The Labute approximate surface area is 145 Å². The van der Waals surface area contributed by atoms with Crippen molar-refractivity contribution in [2.45, 2.75) is 12.5 Å². The maximum Gasteiger partial charge on any atom is 0.227 e. The van der Waals surface area contributed by atoms with Crippen LogP contribution >= 0.6 is 0 Å². The van der Waals surface area contributed by atoms with Crippen LogP contribution in [0.25, 0.3) is 0 Å². The number of aromatic nitrogens is 4. The number of halogens is 1. The van der Waals surface area contributed by atoms with Gasteiger partial charge in [0.2, 0.25) is 5.95 Å². The normalized spacial score (nSPS) is 20.8. The van der Waals surface area contributed by atoms with Gasteiger partial charge in [-0.2, -0.15) is 4.98 Å². The van der Waals surface area contributed by atoms with Gasteiger partial charge in [-0.25, -0.2) is 19.3 Å². The Hall–Kier alpha value is -2.55. The van der Waals surface area contributed by atoms with Crippen LogP contribution in [0, 0.1) is 5.82 Å². The summed E-state index contributed by atoms with van der Waals surface area (Å²) < 4.78 is 19.2. The van der Waals surface area contributed by atoms with Crippen molar-refractivity contribution in [2.24, 2.45) is 0 Å². The lowest BCUT2D eigenvalue weighted by Crippen LogP contribution is -2.37. The second kappa shape index (κ2) is 7.14. The third-order valence-electron chi connectivity index (χ3n) is 4.42. The minimum Gasteiger partial charge on any atom is -0.378 e. The molecule has 2 aromatic heterocycles. The minimum absolute atomic E-state index is 0.182. The zero-order valence-corrected chi connectivity index (χ0v) is 13.8. The van der Waals surface area contributed by atoms with E-state index in [1.54, 1.807) is 6.20 Å². The van der Waals surface area contributed by atoms with Crippen LogP contribution < -0.4 is 15.1 Å². The highest BCUT2D eigenvalue weighted by Gasteiger charge is 2.26. The lowest BCUT2D eigenvalue weighted by Gasteiger charge is -2.27. The third kappa shape index (κ3) is 3.60. The Morgan fingerprint density at radius 1 is 1.16 bits per heavy atom. The monoisotopic (exact) mass is 345 g/mol. The standard InChI is InChI=1S/C16H20FN7O/c17-13-9-18-11-20-15(13)24-4-2-12(10-24)21-14-1-3-19-16(22-14)23-5-7-25-8-6-23/h1,3,9,11-12H,2,4-8,10H2,(H,19,21,22). The van der Waals surface area contributed by atoms with E-state index in [0.717, 1.165) is 31.9 Å². The molecule has 2 aliphatic rings. The molecule has 2 saturated heterocycles. The van der Waals surface area contributed by atoms with E-state index in [2.05, 4.69) is 30.2 Å². The molecule has 9 heteroatoms. The van der Waals surface area contributed by atoms with Crippen LogP contribution in [-0.2, 0) is 4.74 Å². The summed E-state index contributed by atoms with van der Waals surface area (Å²) in [4.78, 5) is 20.7. The molecule has 132 valence electrons. The van der Waals surface area contributed by atoms with E-state index >= 15 is 0 Å². The van der Waals surface area contributed by atoms with Crippen molar-refractivity contribution < 1.29 is 9.13 Å². The fourth-order valence-corrected chi connectivity index (χ4v) is 3.16. The molecule has 1 N–H and O–H groups in total. The quantitative estimate of drug-likeness (QED) is 0.877. The zero-order chi connectivity index (χ0) is 17.1. The van der Waals surface area contributed by atoms with Crippen molar-refractivity contribution in [1.29, 1.82) is 0 Å². The van der Waals surface area contributed by atoms with Crippen LogP contribution in [0.15, 0.2) is 24.8 Å². The Bertz CT molecular complexity index is 725. The van der Waals surface area contributed by atoms with Gasteiger partial charge in [0.05, 0.1) is 19.4 Å². The molecule has 25 heavy (non-hydrogen) atoms. The van der Waals surface area contributed by atoms with Gasteiger partial charge >= 0.3 is 0 Å². The van der Waals surface area contributed by atoms with E-state index in [-0.39, 0.29) is 11.9 Å². The smallest absolute Gasteiger partial charge is 0.227 e. The first-order valence-electron chi connectivity index (χ1n) is 8.42. The van der Waals surface area contributed by atoms with E-state index < -0.39 is 0 Å². The Morgan fingerprint density at radius 2 is 2.04 bits per heavy atom. The second-order valence-corrected chi connectivity index (χ2v) is 6.11. The van der Waals surface area contributed by atoms with Gasteiger partial charge in [0.15, 0.2) is 11.6 Å². The molecule has 0 aromatic carbocycles. The summed E-state index contributed by atoms with van der Waals surface area (Å²) in [6.07, 6.45) is 5.22. The van der Waals surface area contributed by atoms with Crippen molar-refractivity contribution in [2.75, 3.05) is 54.5 Å². The Kier molecular flexibility index (Phi) is 4.55. The average Bonchev–Trinajstić information content (AvgIpc) is 3.11. The van der Waals surface area contributed by atoms with Gasteiger partial charge in [0.25, 0.3) is 0 Å². The molecule has 0 spiro atoms. The predicted molar refractivity (Wildman–Crippen MR) is 91.3 cm³/mol. The van der Waals surface area contributed by atoms with Gasteiger partial charge in [0.1, 0.15) is 12.1 Å². The van der Waals surface area contributed by atoms with Crippen LogP contribution in [0.5, 0.6) is 0 Å². The second-order valence-electron chi connectivity index (χ2n) is 6.11. The summed E-state index contributed by atoms with van der Waals surface area (Å²) in [7, 11) is 0. The first-order chi connectivity index (χ1) is 12.3. The van der Waals surface area contributed by atoms with Gasteiger partial charge in [-0.3, -0.25) is 0 Å². The van der Waals surface area contributed by atoms with Crippen LogP contribution in [0.1, 0.15) is 6.42 Å². The zero-order valence-electron chi connectivity index (χ0n) is 13.8. The highest BCUT2D eigenvalue weighted by Crippen LogP contribution is 2.22. The minimum atomic E-state index is -0.389. The number of hydrogen-bond donors (Lipinski definition) is 1. The largest absolute Gasteiger partial charge is 0.378 e. The molecule has 0 saturated carbocycles. The summed E-state index contributed by atoms with van der Waals surface area (Å²) in [5.74, 6) is 1.47. The van der Waals surface area contributed by atoms with Gasteiger partial charge < -0.3 is 19.9 Å². The lowest BCUT2D eigenvalue weighted by atomic mass is 10.2. The fraction of sp³-hybridized carbons (Fsp3) is 0.500. The molecule has 0 aliphatic carbocycles. The third-order valence-corrected chi connectivity index (χ3v) is 4.42. The van der Waals surface area contributed by atoms with Crippen LogP contribution in [0.4, 0.5) is 22.0 Å². The molecule has 2 aromatic rings. The molecule has 2 fully saturated rings. The number of rotatable bonds is 4. The van der Waals surface area contributed by atoms with E-state index in [9.17, 15) is 4.39 Å². The van der Waals surface area contributed by atoms with Crippen molar-refractivity contribution in [3.05, 3.63) is 30.6 Å². The van der Waals surface area contributed by atoms with Crippen molar-refractivity contribution in [3.8, 4) is 0 Å². The van der Waals surface area contributed by atoms with Crippen LogP contribution in [0.3, 0.4) is 0 Å². The molecule has 8 nitrogen and oxygen atoms in total. The number of nitrogens with zero attached hydrogens (tertiary/aromatic N) is 6. The summed E-state index contributed by atoms with van der Waals surface area (Å²) in [5.41, 5.74) is 0. The maximum absolute atomic E-state index is 13.8. The highest BCUT2D eigenvalue weighted by atomic mass is 19.1. The number of ether oxygens (including phenoxy) is 1. The molecule has 4 rings (SSSR count). The lowest BCUT2D eigenvalue weighted by molar-refractivity contribution is 0.122. The summed E-state index contributed by atoms with van der Waals surface area (Å²) in [6, 6.07) is 2.04. The Balaban J connectivity index is 1.40. The molecule has 1 atom stereocenters. The summed E-state index contributed by atoms with van der Waals surface area (Å²) >= 11 is 0. The van der Waals surface area contributed by atoms with Gasteiger partial charge in [0, 0.05) is 38.4 Å². The van der Waals surface area contributed by atoms with E-state index in [1.165, 1.54) is 12.5 Å². The number of hydrogen-bond acceptors (Lipinski definition) is 8. The first-order valence-corrected chi connectivity index (χ1v) is 8.42. The first kappa shape index (κ1) is 15.9. The van der Waals surface area contributed by atoms with Gasteiger partial charge in [-0.05, 0) is 12.5 Å². The maximum atomic E-state index is 13.8. The Morgan fingerprint density at radius 3 is 2.88 bits per heavy atom. The fourth-order valence-electron chi connectivity index (χ4n) is 3.16. The van der Waals surface area contributed by atoms with Crippen molar-refractivity contribution in [3.63, 3.8) is 0 Å². The van der Waals surface area contributed by atoms with Gasteiger partial charge in [-0.1, -0.05) is 0 Å².